The Bertz CT molecular complexity index is 1610. The van der Waals surface area contributed by atoms with E-state index in [1.165, 1.54) is 11.1 Å². The molecule has 2 aliphatic rings. The maximum atomic E-state index is 13.1. The zero-order chi connectivity index (χ0) is 30.0. The Morgan fingerprint density at radius 2 is 1.74 bits per heavy atom. The molecule has 43 heavy (non-hydrogen) atoms. The number of carbonyl (C=O) groups is 1. The maximum Gasteiger partial charge on any atom is 0.253 e. The number of piperidine rings is 2. The first-order valence-electron chi connectivity index (χ1n) is 15.2. The molecule has 0 bridgehead atoms. The molecule has 2 saturated heterocycles. The Morgan fingerprint density at radius 3 is 2.42 bits per heavy atom. The number of nitrogens with zero attached hydrogens (tertiary/aromatic N) is 7. The van der Waals surface area contributed by atoms with Crippen molar-refractivity contribution in [1.82, 2.24) is 24.4 Å². The third-order valence-corrected chi connectivity index (χ3v) is 9.43. The SMILES string of the molecule is Cc1ccc(C2(CC#N)CCN(c3cccn4nc(Nc5ccc(C(=O)N(C)C6CCN(C)CC6)cc5)nc34)CC2)cc1. The fraction of sp³-hybridized carbons (Fsp3) is 0.412. The zero-order valence-electron chi connectivity index (χ0n) is 25.3. The lowest BCUT2D eigenvalue weighted by atomic mass is 9.70. The van der Waals surface area contributed by atoms with Gasteiger partial charge in [0.25, 0.3) is 5.91 Å². The second-order valence-corrected chi connectivity index (χ2v) is 12.2. The molecule has 2 aromatic carbocycles. The average molecular weight is 577 g/mol. The van der Waals surface area contributed by atoms with Gasteiger partial charge in [-0.1, -0.05) is 29.8 Å². The van der Waals surface area contributed by atoms with Gasteiger partial charge in [-0.05, 0) is 94.7 Å². The van der Waals surface area contributed by atoms with Crippen molar-refractivity contribution < 1.29 is 4.79 Å². The smallest absolute Gasteiger partial charge is 0.253 e. The molecule has 0 atom stereocenters. The van der Waals surface area contributed by atoms with E-state index in [0.717, 1.165) is 68.9 Å². The van der Waals surface area contributed by atoms with Crippen LogP contribution in [-0.2, 0) is 5.41 Å². The first-order chi connectivity index (χ1) is 20.8. The normalized spacial score (nSPS) is 17.5. The van der Waals surface area contributed by atoms with E-state index in [0.29, 0.717) is 17.9 Å². The van der Waals surface area contributed by atoms with Gasteiger partial charge in [-0.2, -0.15) is 10.2 Å². The molecule has 0 spiro atoms. The van der Waals surface area contributed by atoms with Crippen molar-refractivity contribution in [3.8, 4) is 6.07 Å². The van der Waals surface area contributed by atoms with Crippen molar-refractivity contribution >= 4 is 28.9 Å². The molecule has 4 aromatic rings. The number of pyridine rings is 1. The fourth-order valence-electron chi connectivity index (χ4n) is 6.57. The number of fused-ring (bicyclic) bond motifs is 1. The van der Waals surface area contributed by atoms with Crippen LogP contribution < -0.4 is 10.2 Å². The van der Waals surface area contributed by atoms with Gasteiger partial charge >= 0.3 is 0 Å². The monoisotopic (exact) mass is 576 g/mol. The van der Waals surface area contributed by atoms with Gasteiger partial charge in [-0.3, -0.25) is 4.79 Å². The van der Waals surface area contributed by atoms with Crippen molar-refractivity contribution in [3.05, 3.63) is 83.6 Å². The van der Waals surface area contributed by atoms with Gasteiger partial charge in [0.05, 0.1) is 11.8 Å². The van der Waals surface area contributed by atoms with E-state index >= 15 is 0 Å². The molecule has 0 unspecified atom stereocenters. The number of nitriles is 1. The van der Waals surface area contributed by atoms with Gasteiger partial charge in [0.15, 0.2) is 5.65 Å². The lowest BCUT2D eigenvalue weighted by Crippen LogP contribution is -2.44. The van der Waals surface area contributed by atoms with Crippen LogP contribution in [0.1, 0.15) is 53.6 Å². The van der Waals surface area contributed by atoms with Gasteiger partial charge in [0.2, 0.25) is 5.95 Å². The molecule has 4 heterocycles. The summed E-state index contributed by atoms with van der Waals surface area (Å²) in [6, 6.07) is 23.1. The number of nitrogens with one attached hydrogen (secondary N) is 1. The molecular formula is C34H40N8O. The topological polar surface area (TPSA) is 92.8 Å². The van der Waals surface area contributed by atoms with Crippen molar-refractivity contribution in [1.29, 1.82) is 5.26 Å². The summed E-state index contributed by atoms with van der Waals surface area (Å²) in [7, 11) is 4.04. The second kappa shape index (κ2) is 12.1. The third-order valence-electron chi connectivity index (χ3n) is 9.43. The lowest BCUT2D eigenvalue weighted by molar-refractivity contribution is 0.0659. The summed E-state index contributed by atoms with van der Waals surface area (Å²) in [5, 5.41) is 17.7. The van der Waals surface area contributed by atoms with Gasteiger partial charge in [-0.15, -0.1) is 5.10 Å². The summed E-state index contributed by atoms with van der Waals surface area (Å²) in [6.07, 6.45) is 6.25. The minimum Gasteiger partial charge on any atom is -0.368 e. The highest BCUT2D eigenvalue weighted by Gasteiger charge is 2.37. The Labute approximate surface area is 253 Å². The standard InChI is InChI=1S/C34H40N8O/c1-25-6-10-27(11-7-25)34(16-19-35)17-23-41(24-18-34)30-5-4-20-42-31(30)37-33(38-42)36-28-12-8-26(9-13-28)32(43)40(3)29-14-21-39(2)22-15-29/h4-13,20,29H,14-18,21-24H2,1-3H3,(H,36,38). The van der Waals surface area contributed by atoms with Gasteiger partial charge in [0.1, 0.15) is 0 Å². The number of hydrogen-bond donors (Lipinski definition) is 1. The van der Waals surface area contributed by atoms with Gasteiger partial charge in [0, 0.05) is 55.5 Å². The molecule has 0 aliphatic carbocycles. The minimum absolute atomic E-state index is 0.0549. The molecule has 9 nitrogen and oxygen atoms in total. The fourth-order valence-corrected chi connectivity index (χ4v) is 6.57. The molecule has 2 aliphatic heterocycles. The number of benzene rings is 2. The molecule has 2 fully saturated rings. The summed E-state index contributed by atoms with van der Waals surface area (Å²) < 4.78 is 1.81. The van der Waals surface area contributed by atoms with Crippen LogP contribution in [0, 0.1) is 18.3 Å². The van der Waals surface area contributed by atoms with Crippen LogP contribution >= 0.6 is 0 Å². The van der Waals surface area contributed by atoms with E-state index in [4.69, 9.17) is 4.98 Å². The number of hydrogen-bond acceptors (Lipinski definition) is 7. The van der Waals surface area contributed by atoms with E-state index in [2.05, 4.69) is 70.6 Å². The second-order valence-electron chi connectivity index (χ2n) is 12.2. The molecule has 9 heteroatoms. The summed E-state index contributed by atoms with van der Waals surface area (Å²) in [4.78, 5) is 24.5. The highest BCUT2D eigenvalue weighted by molar-refractivity contribution is 5.94. The zero-order valence-corrected chi connectivity index (χ0v) is 25.3. The van der Waals surface area contributed by atoms with E-state index in [9.17, 15) is 10.1 Å². The number of amides is 1. The Balaban J connectivity index is 1.14. The van der Waals surface area contributed by atoms with Crippen LogP contribution in [0.15, 0.2) is 66.9 Å². The predicted molar refractivity (Wildman–Crippen MR) is 170 cm³/mol. The number of aryl methyl sites for hydroxylation is 1. The highest BCUT2D eigenvalue weighted by atomic mass is 16.2. The average Bonchev–Trinajstić information content (AvgIpc) is 3.45. The number of aromatic nitrogens is 3. The first-order valence-corrected chi connectivity index (χ1v) is 15.2. The highest BCUT2D eigenvalue weighted by Crippen LogP contribution is 2.40. The Hall–Kier alpha value is -4.42. The van der Waals surface area contributed by atoms with Gasteiger partial charge < -0.3 is 20.0 Å². The molecule has 2 aromatic heterocycles. The van der Waals surface area contributed by atoms with E-state index in [1.807, 2.05) is 53.0 Å². The Kier molecular flexibility index (Phi) is 8.04. The molecular weight excluding hydrogens is 536 g/mol. The van der Waals surface area contributed by atoms with Crippen LogP contribution in [0.4, 0.5) is 17.3 Å². The van der Waals surface area contributed by atoms with Crippen molar-refractivity contribution in [3.63, 3.8) is 0 Å². The van der Waals surface area contributed by atoms with Crippen molar-refractivity contribution in [2.24, 2.45) is 0 Å². The quantitative estimate of drug-likeness (QED) is 0.315. The van der Waals surface area contributed by atoms with Crippen molar-refractivity contribution in [2.75, 3.05) is 50.5 Å². The van der Waals surface area contributed by atoms with Crippen LogP contribution in [0.2, 0.25) is 0 Å². The number of anilines is 3. The minimum atomic E-state index is -0.125. The Morgan fingerprint density at radius 1 is 1.05 bits per heavy atom. The first kappa shape index (κ1) is 28.7. The molecule has 1 N–H and O–H groups in total. The van der Waals surface area contributed by atoms with E-state index in [1.54, 1.807) is 0 Å². The van der Waals surface area contributed by atoms with Crippen LogP contribution in [0.3, 0.4) is 0 Å². The molecule has 1 amide bonds. The van der Waals surface area contributed by atoms with Crippen LogP contribution in [-0.4, -0.2) is 76.6 Å². The van der Waals surface area contributed by atoms with Crippen molar-refractivity contribution in [2.45, 2.75) is 50.5 Å². The summed E-state index contributed by atoms with van der Waals surface area (Å²) in [5.74, 6) is 0.560. The lowest BCUT2D eigenvalue weighted by Gasteiger charge is -2.42. The molecule has 0 saturated carbocycles. The van der Waals surface area contributed by atoms with Gasteiger partial charge in [-0.25, -0.2) is 4.52 Å². The molecule has 6 rings (SSSR count). The van der Waals surface area contributed by atoms with E-state index in [-0.39, 0.29) is 17.4 Å². The summed E-state index contributed by atoms with van der Waals surface area (Å²) in [5.41, 5.74) is 5.70. The molecule has 222 valence electrons. The summed E-state index contributed by atoms with van der Waals surface area (Å²) in [6.45, 7) is 5.81. The summed E-state index contributed by atoms with van der Waals surface area (Å²) >= 11 is 0. The number of likely N-dealkylation sites (tertiary alicyclic amines) is 1. The predicted octanol–water partition coefficient (Wildman–Crippen LogP) is 5.40. The third kappa shape index (κ3) is 5.93. The van der Waals surface area contributed by atoms with Crippen LogP contribution in [0.25, 0.3) is 5.65 Å². The number of carbonyl (C=O) groups excluding carboxylic acids is 1. The maximum absolute atomic E-state index is 13.1. The largest absolute Gasteiger partial charge is 0.368 e. The number of rotatable bonds is 7. The molecule has 0 radical (unpaired) electrons. The van der Waals surface area contributed by atoms with E-state index < -0.39 is 0 Å². The van der Waals surface area contributed by atoms with Crippen LogP contribution in [0.5, 0.6) is 0 Å².